The Morgan fingerprint density at radius 2 is 1.70 bits per heavy atom. The van der Waals surface area contributed by atoms with Gasteiger partial charge in [0.05, 0.1) is 16.5 Å². The second-order valence-electron chi connectivity index (χ2n) is 4.23. The first-order valence-corrected chi connectivity index (χ1v) is 8.06. The highest BCUT2D eigenvalue weighted by Gasteiger charge is 2.14. The molecule has 0 saturated heterocycles. The lowest BCUT2D eigenvalue weighted by atomic mass is 10.2. The Hall–Kier alpha value is -1.43. The van der Waals surface area contributed by atoms with E-state index in [1.54, 1.807) is 30.3 Å². The Balaban J connectivity index is 2.19. The molecule has 0 spiro atoms. The Bertz CT molecular complexity index is 716. The van der Waals surface area contributed by atoms with Crippen LogP contribution in [-0.2, 0) is 15.8 Å². The van der Waals surface area contributed by atoms with Crippen LogP contribution in [0.15, 0.2) is 42.5 Å². The van der Waals surface area contributed by atoms with Gasteiger partial charge in [-0.25, -0.2) is 8.42 Å². The Morgan fingerprint density at radius 1 is 1.05 bits per heavy atom. The zero-order chi connectivity index (χ0) is 14.8. The number of nitrogens with two attached hydrogens (primary N) is 1. The van der Waals surface area contributed by atoms with Crippen LogP contribution in [0.3, 0.4) is 0 Å². The molecule has 2 aromatic carbocycles. The van der Waals surface area contributed by atoms with Gasteiger partial charge in [0.25, 0.3) is 0 Å². The number of benzene rings is 2. The summed E-state index contributed by atoms with van der Waals surface area (Å²) in [6, 6.07) is 11.2. The van der Waals surface area contributed by atoms with Gasteiger partial charge >= 0.3 is 0 Å². The van der Waals surface area contributed by atoms with Gasteiger partial charge in [-0.05, 0) is 35.9 Å². The molecule has 0 aliphatic carbocycles. The number of hydrogen-bond acceptors (Lipinski definition) is 3. The quantitative estimate of drug-likeness (QED) is 0.842. The summed E-state index contributed by atoms with van der Waals surface area (Å²) in [5.41, 5.74) is 7.02. The fourth-order valence-corrected chi connectivity index (χ4v) is 3.21. The third kappa shape index (κ3) is 4.03. The SMILES string of the molecule is Nc1ccc(CS(=O)(=O)Nc2cc(Cl)ccc2Cl)cc1. The van der Waals surface area contributed by atoms with Crippen LogP contribution in [0, 0.1) is 0 Å². The van der Waals surface area contributed by atoms with Crippen molar-refractivity contribution in [3.05, 3.63) is 58.1 Å². The number of sulfonamides is 1. The first-order valence-electron chi connectivity index (χ1n) is 5.66. The van der Waals surface area contributed by atoms with Crippen LogP contribution in [-0.4, -0.2) is 8.42 Å². The van der Waals surface area contributed by atoms with E-state index in [-0.39, 0.29) is 16.5 Å². The Kier molecular flexibility index (Phi) is 4.42. The molecule has 7 heteroatoms. The minimum Gasteiger partial charge on any atom is -0.399 e. The first-order chi connectivity index (χ1) is 9.35. The van der Waals surface area contributed by atoms with E-state index in [1.807, 2.05) is 0 Å². The van der Waals surface area contributed by atoms with Crippen LogP contribution in [0.1, 0.15) is 5.56 Å². The van der Waals surface area contributed by atoms with Crippen LogP contribution >= 0.6 is 23.2 Å². The molecule has 4 nitrogen and oxygen atoms in total. The van der Waals surface area contributed by atoms with E-state index in [0.29, 0.717) is 16.3 Å². The summed E-state index contributed by atoms with van der Waals surface area (Å²) in [6.45, 7) is 0. The van der Waals surface area contributed by atoms with Crippen LogP contribution in [0.5, 0.6) is 0 Å². The molecule has 0 aliphatic rings. The summed E-state index contributed by atoms with van der Waals surface area (Å²) in [7, 11) is -3.57. The van der Waals surface area contributed by atoms with Crippen molar-refractivity contribution in [1.82, 2.24) is 0 Å². The third-order valence-corrected chi connectivity index (χ3v) is 4.34. The monoisotopic (exact) mass is 330 g/mol. The standard InChI is InChI=1S/C13H12Cl2N2O2S/c14-10-3-6-12(15)13(7-10)17-20(18,19)8-9-1-4-11(16)5-2-9/h1-7,17H,8,16H2. The van der Waals surface area contributed by atoms with Gasteiger partial charge < -0.3 is 5.73 Å². The maximum Gasteiger partial charge on any atom is 0.236 e. The summed E-state index contributed by atoms with van der Waals surface area (Å²) in [5.74, 6) is -0.171. The van der Waals surface area contributed by atoms with Crippen LogP contribution < -0.4 is 10.5 Å². The highest BCUT2D eigenvalue weighted by molar-refractivity contribution is 7.91. The zero-order valence-corrected chi connectivity index (χ0v) is 12.6. The minimum absolute atomic E-state index is 0.171. The molecule has 0 unspecified atom stereocenters. The number of rotatable bonds is 4. The molecule has 0 heterocycles. The molecule has 0 amide bonds. The number of anilines is 2. The van der Waals surface area contributed by atoms with Crippen molar-refractivity contribution in [3.63, 3.8) is 0 Å². The van der Waals surface area contributed by atoms with Gasteiger partial charge in [-0.1, -0.05) is 35.3 Å². The second-order valence-corrected chi connectivity index (χ2v) is 6.79. The first kappa shape index (κ1) is 15.0. The van der Waals surface area contributed by atoms with Gasteiger partial charge in [-0.15, -0.1) is 0 Å². The number of nitrogen functional groups attached to an aromatic ring is 1. The summed E-state index contributed by atoms with van der Waals surface area (Å²) >= 11 is 11.7. The average molecular weight is 331 g/mol. The van der Waals surface area contributed by atoms with Crippen molar-refractivity contribution >= 4 is 44.6 Å². The van der Waals surface area contributed by atoms with Crippen molar-refractivity contribution in [2.75, 3.05) is 10.5 Å². The normalized spacial score (nSPS) is 11.3. The van der Waals surface area contributed by atoms with E-state index in [2.05, 4.69) is 4.72 Å². The van der Waals surface area contributed by atoms with Gasteiger partial charge in [0, 0.05) is 10.7 Å². The van der Waals surface area contributed by atoms with E-state index in [4.69, 9.17) is 28.9 Å². The molecular formula is C13H12Cl2N2O2S. The highest BCUT2D eigenvalue weighted by atomic mass is 35.5. The predicted octanol–water partition coefficient (Wildman–Crippen LogP) is 3.52. The molecule has 0 radical (unpaired) electrons. The Labute approximate surface area is 127 Å². The third-order valence-electron chi connectivity index (χ3n) is 2.53. The van der Waals surface area contributed by atoms with Crippen molar-refractivity contribution in [2.45, 2.75) is 5.75 Å². The van der Waals surface area contributed by atoms with E-state index in [1.165, 1.54) is 12.1 Å². The van der Waals surface area contributed by atoms with Gasteiger partial charge in [0.15, 0.2) is 0 Å². The second kappa shape index (κ2) is 5.91. The van der Waals surface area contributed by atoms with Crippen molar-refractivity contribution < 1.29 is 8.42 Å². The van der Waals surface area contributed by atoms with E-state index in [0.717, 1.165) is 0 Å². The number of halogens is 2. The van der Waals surface area contributed by atoms with Crippen LogP contribution in [0.2, 0.25) is 10.0 Å². The largest absolute Gasteiger partial charge is 0.399 e. The minimum atomic E-state index is -3.57. The van der Waals surface area contributed by atoms with E-state index >= 15 is 0 Å². The summed E-state index contributed by atoms with van der Waals surface area (Å²) < 4.78 is 26.6. The smallest absolute Gasteiger partial charge is 0.236 e. The topological polar surface area (TPSA) is 72.2 Å². The number of hydrogen-bond donors (Lipinski definition) is 2. The van der Waals surface area contributed by atoms with Gasteiger partial charge in [-0.2, -0.15) is 0 Å². The number of nitrogens with one attached hydrogen (secondary N) is 1. The van der Waals surface area contributed by atoms with Gasteiger partial charge in [0.2, 0.25) is 10.0 Å². The maximum atomic E-state index is 12.1. The molecule has 20 heavy (non-hydrogen) atoms. The highest BCUT2D eigenvalue weighted by Crippen LogP contribution is 2.26. The zero-order valence-electron chi connectivity index (χ0n) is 10.3. The van der Waals surface area contributed by atoms with Crippen molar-refractivity contribution in [2.24, 2.45) is 0 Å². The van der Waals surface area contributed by atoms with Crippen molar-refractivity contribution in [3.8, 4) is 0 Å². The summed E-state index contributed by atoms with van der Waals surface area (Å²) in [5, 5.41) is 0.690. The molecule has 2 rings (SSSR count). The van der Waals surface area contributed by atoms with Crippen LogP contribution in [0.4, 0.5) is 11.4 Å². The molecule has 0 saturated carbocycles. The van der Waals surface area contributed by atoms with E-state index < -0.39 is 10.0 Å². The molecule has 2 aromatic rings. The lowest BCUT2D eigenvalue weighted by Crippen LogP contribution is -2.15. The molecule has 106 valence electrons. The fourth-order valence-electron chi connectivity index (χ4n) is 1.61. The van der Waals surface area contributed by atoms with Gasteiger partial charge in [-0.3, -0.25) is 4.72 Å². The molecule has 0 aromatic heterocycles. The molecular weight excluding hydrogens is 319 g/mol. The molecule has 0 aliphatic heterocycles. The lowest BCUT2D eigenvalue weighted by molar-refractivity contribution is 0.600. The molecule has 0 fully saturated rings. The lowest BCUT2D eigenvalue weighted by Gasteiger charge is -2.10. The molecule has 0 bridgehead atoms. The maximum absolute atomic E-state index is 12.1. The van der Waals surface area contributed by atoms with Crippen molar-refractivity contribution in [1.29, 1.82) is 0 Å². The Morgan fingerprint density at radius 3 is 2.35 bits per heavy atom. The van der Waals surface area contributed by atoms with E-state index in [9.17, 15) is 8.42 Å². The van der Waals surface area contributed by atoms with Crippen LogP contribution in [0.25, 0.3) is 0 Å². The molecule has 3 N–H and O–H groups in total. The summed E-state index contributed by atoms with van der Waals surface area (Å²) in [6.07, 6.45) is 0. The fraction of sp³-hybridized carbons (Fsp3) is 0.0769. The summed E-state index contributed by atoms with van der Waals surface area (Å²) in [4.78, 5) is 0. The predicted molar refractivity (Wildman–Crippen MR) is 83.6 cm³/mol. The van der Waals surface area contributed by atoms with Gasteiger partial charge in [0.1, 0.15) is 0 Å². The average Bonchev–Trinajstić information content (AvgIpc) is 2.36. The molecule has 0 atom stereocenters.